The van der Waals surface area contributed by atoms with Gasteiger partial charge in [0, 0.05) is 17.7 Å². The van der Waals surface area contributed by atoms with E-state index in [-0.39, 0.29) is 17.3 Å². The van der Waals surface area contributed by atoms with Crippen molar-refractivity contribution in [3.63, 3.8) is 0 Å². The molecule has 0 heterocycles. The van der Waals surface area contributed by atoms with Gasteiger partial charge in [-0.25, -0.2) is 0 Å². The second-order valence-electron chi connectivity index (χ2n) is 5.47. The molecule has 0 bridgehead atoms. The van der Waals surface area contributed by atoms with Gasteiger partial charge in [-0.3, -0.25) is 14.9 Å². The number of hydrogen-bond acceptors (Lipinski definition) is 4. The van der Waals surface area contributed by atoms with Crippen LogP contribution in [0.1, 0.15) is 43.0 Å². The summed E-state index contributed by atoms with van der Waals surface area (Å²) < 4.78 is 0. The normalized spacial score (nSPS) is 22.2. The van der Waals surface area contributed by atoms with Crippen LogP contribution in [0.25, 0.3) is 0 Å². The molecule has 6 nitrogen and oxygen atoms in total. The molecule has 1 aliphatic carbocycles. The molecule has 20 heavy (non-hydrogen) atoms. The van der Waals surface area contributed by atoms with Crippen LogP contribution in [-0.2, 0) is 0 Å². The summed E-state index contributed by atoms with van der Waals surface area (Å²) in [5.74, 6) is 0.0274. The molecule has 1 aliphatic rings. The topological polar surface area (TPSA) is 98.3 Å². The molecule has 0 saturated heterocycles. The molecule has 6 heteroatoms. The first-order chi connectivity index (χ1) is 9.47. The lowest BCUT2D eigenvalue weighted by atomic mass is 9.87. The van der Waals surface area contributed by atoms with E-state index in [1.165, 1.54) is 24.6 Å². The number of nitrogens with one attached hydrogen (secondary N) is 1. The molecule has 1 saturated carbocycles. The van der Waals surface area contributed by atoms with Crippen LogP contribution in [-0.4, -0.2) is 16.9 Å². The van der Waals surface area contributed by atoms with Crippen molar-refractivity contribution in [3.8, 4) is 0 Å². The summed E-state index contributed by atoms with van der Waals surface area (Å²) in [6.07, 6.45) is 4.28. The zero-order valence-electron chi connectivity index (χ0n) is 11.5. The third-order valence-corrected chi connectivity index (χ3v) is 3.77. The predicted octanol–water partition coefficient (Wildman–Crippen LogP) is 2.68. The summed E-state index contributed by atoms with van der Waals surface area (Å²) in [7, 11) is 0. The van der Waals surface area contributed by atoms with Crippen LogP contribution in [0.5, 0.6) is 0 Å². The van der Waals surface area contributed by atoms with Crippen LogP contribution in [0.4, 0.5) is 11.4 Å². The first kappa shape index (κ1) is 14.3. The smallest absolute Gasteiger partial charge is 0.292 e. The first-order valence-electron chi connectivity index (χ1n) is 6.82. The van der Waals surface area contributed by atoms with E-state index < -0.39 is 10.8 Å². The number of nitro benzene ring substituents is 1. The number of nitro groups is 1. The van der Waals surface area contributed by atoms with Crippen LogP contribution in [0.3, 0.4) is 0 Å². The van der Waals surface area contributed by atoms with Crippen molar-refractivity contribution in [2.75, 3.05) is 5.32 Å². The van der Waals surface area contributed by atoms with Gasteiger partial charge in [-0.05, 0) is 30.9 Å². The second-order valence-corrected chi connectivity index (χ2v) is 5.47. The van der Waals surface area contributed by atoms with E-state index in [1.54, 1.807) is 0 Å². The third-order valence-electron chi connectivity index (χ3n) is 3.77. The maximum Gasteiger partial charge on any atom is 0.292 e. The lowest BCUT2D eigenvalue weighted by Gasteiger charge is -2.28. The number of nitrogens with zero attached hydrogens (tertiary/aromatic N) is 1. The Morgan fingerprint density at radius 2 is 2.20 bits per heavy atom. The van der Waals surface area contributed by atoms with Crippen molar-refractivity contribution in [3.05, 3.63) is 33.9 Å². The van der Waals surface area contributed by atoms with E-state index in [9.17, 15) is 14.9 Å². The van der Waals surface area contributed by atoms with Crippen molar-refractivity contribution >= 4 is 17.3 Å². The fourth-order valence-electron chi connectivity index (χ4n) is 2.75. The summed E-state index contributed by atoms with van der Waals surface area (Å²) >= 11 is 0. The highest BCUT2D eigenvalue weighted by molar-refractivity contribution is 5.94. The average Bonchev–Trinajstić information content (AvgIpc) is 2.38. The molecule has 108 valence electrons. The molecule has 0 aliphatic heterocycles. The lowest BCUT2D eigenvalue weighted by molar-refractivity contribution is -0.384. The Labute approximate surface area is 117 Å². The van der Waals surface area contributed by atoms with Crippen molar-refractivity contribution in [1.29, 1.82) is 0 Å². The quantitative estimate of drug-likeness (QED) is 0.653. The van der Waals surface area contributed by atoms with Crippen molar-refractivity contribution < 1.29 is 9.72 Å². The van der Waals surface area contributed by atoms with E-state index in [4.69, 9.17) is 5.73 Å². The van der Waals surface area contributed by atoms with E-state index in [0.29, 0.717) is 11.6 Å². The molecule has 3 N–H and O–H groups in total. The van der Waals surface area contributed by atoms with Crippen molar-refractivity contribution in [2.24, 2.45) is 11.7 Å². The highest BCUT2D eigenvalue weighted by atomic mass is 16.6. The molecule has 0 radical (unpaired) electrons. The van der Waals surface area contributed by atoms with E-state index in [1.807, 2.05) is 0 Å². The number of anilines is 1. The van der Waals surface area contributed by atoms with Gasteiger partial charge in [0.05, 0.1) is 4.92 Å². The number of carbonyl (C=O) groups excluding carboxylic acids is 1. The van der Waals surface area contributed by atoms with Crippen LogP contribution in [0.15, 0.2) is 18.2 Å². The number of benzene rings is 1. The second kappa shape index (κ2) is 5.90. The van der Waals surface area contributed by atoms with Gasteiger partial charge in [0.15, 0.2) is 0 Å². The Kier molecular flexibility index (Phi) is 4.22. The minimum Gasteiger partial charge on any atom is -0.377 e. The largest absolute Gasteiger partial charge is 0.377 e. The molecule has 1 amide bonds. The first-order valence-corrected chi connectivity index (χ1v) is 6.82. The molecular formula is C14H19N3O3. The van der Waals surface area contributed by atoms with Crippen molar-refractivity contribution in [2.45, 2.75) is 38.6 Å². The zero-order valence-corrected chi connectivity index (χ0v) is 11.5. The SMILES string of the molecule is CC1CCCC(Nc2cc(C(N)=O)ccc2[N+](=O)[O-])C1. The van der Waals surface area contributed by atoms with E-state index in [0.717, 1.165) is 19.3 Å². The highest BCUT2D eigenvalue weighted by Crippen LogP contribution is 2.31. The molecular weight excluding hydrogens is 258 g/mol. The number of carbonyl (C=O) groups is 1. The van der Waals surface area contributed by atoms with Gasteiger partial charge >= 0.3 is 0 Å². The minimum atomic E-state index is -0.583. The molecule has 2 unspecified atom stereocenters. The monoisotopic (exact) mass is 277 g/mol. The summed E-state index contributed by atoms with van der Waals surface area (Å²) in [5, 5.41) is 14.3. The number of hydrogen-bond donors (Lipinski definition) is 2. The number of rotatable bonds is 4. The Morgan fingerprint density at radius 3 is 2.80 bits per heavy atom. The number of nitrogens with two attached hydrogens (primary N) is 1. The molecule has 2 rings (SSSR count). The molecule has 0 aromatic heterocycles. The lowest BCUT2D eigenvalue weighted by Crippen LogP contribution is -2.26. The van der Waals surface area contributed by atoms with E-state index >= 15 is 0 Å². The molecule has 1 aromatic carbocycles. The third kappa shape index (κ3) is 3.26. The van der Waals surface area contributed by atoms with Gasteiger partial charge in [-0.1, -0.05) is 19.8 Å². The van der Waals surface area contributed by atoms with Crippen LogP contribution >= 0.6 is 0 Å². The summed E-state index contributed by atoms with van der Waals surface area (Å²) in [4.78, 5) is 21.8. The van der Waals surface area contributed by atoms with Gasteiger partial charge < -0.3 is 11.1 Å². The van der Waals surface area contributed by atoms with Crippen molar-refractivity contribution in [1.82, 2.24) is 0 Å². The van der Waals surface area contributed by atoms with Crippen LogP contribution in [0.2, 0.25) is 0 Å². The maximum atomic E-state index is 11.2. The standard InChI is InChI=1S/C14H19N3O3/c1-9-3-2-4-11(7-9)16-12-8-10(14(15)18)5-6-13(12)17(19)20/h5-6,8-9,11,16H,2-4,7H2,1H3,(H2,15,18). The summed E-state index contributed by atoms with van der Waals surface area (Å²) in [5.41, 5.74) is 5.87. The fraction of sp³-hybridized carbons (Fsp3) is 0.500. The Bertz CT molecular complexity index is 530. The van der Waals surface area contributed by atoms with Gasteiger partial charge in [0.1, 0.15) is 5.69 Å². The summed E-state index contributed by atoms with van der Waals surface area (Å²) in [6.45, 7) is 2.18. The number of primary amides is 1. The molecule has 0 spiro atoms. The Morgan fingerprint density at radius 1 is 1.45 bits per heavy atom. The van der Waals surface area contributed by atoms with Crippen LogP contribution < -0.4 is 11.1 Å². The van der Waals surface area contributed by atoms with Gasteiger partial charge in [-0.2, -0.15) is 0 Å². The van der Waals surface area contributed by atoms with E-state index in [2.05, 4.69) is 12.2 Å². The zero-order chi connectivity index (χ0) is 14.7. The fourth-order valence-corrected chi connectivity index (χ4v) is 2.75. The van der Waals surface area contributed by atoms with Gasteiger partial charge in [0.2, 0.25) is 5.91 Å². The molecule has 1 fully saturated rings. The minimum absolute atomic E-state index is 0.0202. The van der Waals surface area contributed by atoms with Gasteiger partial charge in [0.25, 0.3) is 5.69 Å². The Balaban J connectivity index is 2.25. The predicted molar refractivity (Wildman–Crippen MR) is 76.7 cm³/mol. The number of amides is 1. The highest BCUT2D eigenvalue weighted by Gasteiger charge is 2.22. The Hall–Kier alpha value is -2.11. The molecule has 2 atom stereocenters. The summed E-state index contributed by atoms with van der Waals surface area (Å²) in [6, 6.07) is 4.39. The maximum absolute atomic E-state index is 11.2. The van der Waals surface area contributed by atoms with Crippen LogP contribution in [0, 0.1) is 16.0 Å². The average molecular weight is 277 g/mol. The molecule has 1 aromatic rings. The van der Waals surface area contributed by atoms with Gasteiger partial charge in [-0.15, -0.1) is 0 Å².